The van der Waals surface area contributed by atoms with Crippen molar-refractivity contribution < 1.29 is 9.18 Å². The first kappa shape index (κ1) is 17.0. The summed E-state index contributed by atoms with van der Waals surface area (Å²) in [6.45, 7) is 1.55. The molecular formula is C18H21ClFN3O. The van der Waals surface area contributed by atoms with Crippen LogP contribution in [-0.2, 0) is 0 Å². The minimum Gasteiger partial charge on any atom is -0.366 e. The molecular weight excluding hydrogens is 329 g/mol. The molecule has 1 aliphatic heterocycles. The lowest BCUT2D eigenvalue weighted by molar-refractivity contribution is 0.0780. The van der Waals surface area contributed by atoms with Crippen LogP contribution < -0.4 is 5.73 Å². The third-order valence-corrected chi connectivity index (χ3v) is 5.33. The minimum absolute atomic E-state index is 0. The molecule has 1 aliphatic carbocycles. The van der Waals surface area contributed by atoms with Gasteiger partial charge in [0, 0.05) is 37.1 Å². The number of nitrogens with zero attached hydrogens (tertiary/aromatic N) is 1. The van der Waals surface area contributed by atoms with Crippen molar-refractivity contribution >= 4 is 18.3 Å². The second kappa shape index (κ2) is 6.57. The molecule has 3 N–H and O–H groups in total. The number of carbonyl (C=O) groups excluding carboxylic acids is 1. The van der Waals surface area contributed by atoms with Gasteiger partial charge in [-0.1, -0.05) is 12.1 Å². The number of nitrogens with two attached hydrogens (primary N) is 1. The number of aromatic amines is 1. The van der Waals surface area contributed by atoms with Crippen LogP contribution in [0.25, 0.3) is 11.1 Å². The third-order valence-electron chi connectivity index (χ3n) is 5.33. The monoisotopic (exact) mass is 349 g/mol. The van der Waals surface area contributed by atoms with Gasteiger partial charge in [0.05, 0.1) is 5.56 Å². The van der Waals surface area contributed by atoms with Crippen LogP contribution in [0.4, 0.5) is 4.39 Å². The summed E-state index contributed by atoms with van der Waals surface area (Å²) in [6.07, 6.45) is 5.72. The molecule has 24 heavy (non-hydrogen) atoms. The zero-order valence-corrected chi connectivity index (χ0v) is 14.1. The summed E-state index contributed by atoms with van der Waals surface area (Å²) in [4.78, 5) is 17.8. The molecule has 1 aromatic heterocycles. The summed E-state index contributed by atoms with van der Waals surface area (Å²) in [7, 11) is 0. The highest BCUT2D eigenvalue weighted by molar-refractivity contribution is 6.01. The van der Waals surface area contributed by atoms with E-state index in [-0.39, 0.29) is 30.2 Å². The number of halogens is 2. The number of amides is 1. The van der Waals surface area contributed by atoms with Crippen molar-refractivity contribution in [2.75, 3.05) is 13.1 Å². The van der Waals surface area contributed by atoms with Crippen LogP contribution >= 0.6 is 12.4 Å². The van der Waals surface area contributed by atoms with Crippen molar-refractivity contribution in [2.24, 2.45) is 17.6 Å². The Bertz CT molecular complexity index is 730. The molecule has 1 saturated carbocycles. The summed E-state index contributed by atoms with van der Waals surface area (Å²) in [6, 6.07) is 6.44. The van der Waals surface area contributed by atoms with Crippen LogP contribution in [-0.4, -0.2) is 34.9 Å². The first-order valence-corrected chi connectivity index (χ1v) is 8.11. The number of aromatic nitrogens is 1. The fraction of sp³-hybridized carbons (Fsp3) is 0.389. The Morgan fingerprint density at radius 1 is 1.17 bits per heavy atom. The van der Waals surface area contributed by atoms with Gasteiger partial charge in [0.2, 0.25) is 0 Å². The number of hydrogen-bond donors (Lipinski definition) is 2. The summed E-state index contributed by atoms with van der Waals surface area (Å²) >= 11 is 0. The van der Waals surface area contributed by atoms with Crippen LogP contribution in [0.1, 0.15) is 23.2 Å². The third kappa shape index (κ3) is 2.82. The SMILES string of the molecule is Cl.NC1CCC2CN(C(=O)c3c[nH]cc3-c3ccc(F)cc3)CC12. The van der Waals surface area contributed by atoms with Crippen LogP contribution in [0, 0.1) is 17.7 Å². The molecule has 1 aromatic carbocycles. The van der Waals surface area contributed by atoms with E-state index in [1.165, 1.54) is 12.1 Å². The van der Waals surface area contributed by atoms with Crippen LogP contribution in [0.2, 0.25) is 0 Å². The standard InChI is InChI=1S/C18H20FN3O.ClH/c19-13-4-1-11(2-5-13)14-7-21-8-15(14)18(23)22-9-12-3-6-17(20)16(12)10-22;/h1-2,4-5,7-8,12,16-17,21H,3,6,9-10,20H2;1H. The van der Waals surface area contributed by atoms with Crippen molar-refractivity contribution in [3.63, 3.8) is 0 Å². The number of likely N-dealkylation sites (tertiary alicyclic amines) is 1. The lowest BCUT2D eigenvalue weighted by Crippen LogP contribution is -2.33. The van der Waals surface area contributed by atoms with Gasteiger partial charge >= 0.3 is 0 Å². The molecule has 1 amide bonds. The van der Waals surface area contributed by atoms with Gasteiger partial charge in [0.1, 0.15) is 5.82 Å². The summed E-state index contributed by atoms with van der Waals surface area (Å²) in [5, 5.41) is 0. The molecule has 2 heterocycles. The maximum absolute atomic E-state index is 13.1. The lowest BCUT2D eigenvalue weighted by Gasteiger charge is -2.19. The second-order valence-electron chi connectivity index (χ2n) is 6.66. The predicted molar refractivity (Wildman–Crippen MR) is 93.5 cm³/mol. The summed E-state index contributed by atoms with van der Waals surface area (Å²) in [5.41, 5.74) is 8.46. The summed E-state index contributed by atoms with van der Waals surface area (Å²) in [5.74, 6) is 0.736. The maximum Gasteiger partial charge on any atom is 0.256 e. The lowest BCUT2D eigenvalue weighted by atomic mass is 9.98. The van der Waals surface area contributed by atoms with Crippen molar-refractivity contribution in [3.8, 4) is 11.1 Å². The molecule has 3 atom stereocenters. The van der Waals surface area contributed by atoms with Gasteiger partial charge in [0.25, 0.3) is 5.91 Å². The minimum atomic E-state index is -0.279. The number of rotatable bonds is 2. The van der Waals surface area contributed by atoms with E-state index in [9.17, 15) is 9.18 Å². The van der Waals surface area contributed by atoms with E-state index < -0.39 is 0 Å². The molecule has 2 aliphatic rings. The zero-order chi connectivity index (χ0) is 16.0. The first-order valence-electron chi connectivity index (χ1n) is 8.11. The fourth-order valence-electron chi connectivity index (χ4n) is 4.05. The number of benzene rings is 1. The average molecular weight is 350 g/mol. The zero-order valence-electron chi connectivity index (χ0n) is 13.2. The van der Waals surface area contributed by atoms with E-state index in [1.54, 1.807) is 24.5 Å². The van der Waals surface area contributed by atoms with Gasteiger partial charge in [-0.25, -0.2) is 4.39 Å². The van der Waals surface area contributed by atoms with Gasteiger partial charge in [-0.15, -0.1) is 12.4 Å². The first-order chi connectivity index (χ1) is 11.1. The Balaban J connectivity index is 0.00000169. The molecule has 6 heteroatoms. The molecule has 0 bridgehead atoms. The van der Waals surface area contributed by atoms with Crippen molar-refractivity contribution in [3.05, 3.63) is 48.0 Å². The molecule has 0 spiro atoms. The van der Waals surface area contributed by atoms with E-state index >= 15 is 0 Å². The van der Waals surface area contributed by atoms with E-state index in [0.29, 0.717) is 17.4 Å². The molecule has 0 radical (unpaired) electrons. The Labute approximate surface area is 146 Å². The highest BCUT2D eigenvalue weighted by Gasteiger charge is 2.42. The molecule has 2 aromatic rings. The largest absolute Gasteiger partial charge is 0.366 e. The van der Waals surface area contributed by atoms with Crippen LogP contribution in [0.15, 0.2) is 36.7 Å². The summed E-state index contributed by atoms with van der Waals surface area (Å²) < 4.78 is 13.1. The smallest absolute Gasteiger partial charge is 0.256 e. The second-order valence-corrected chi connectivity index (χ2v) is 6.66. The van der Waals surface area contributed by atoms with E-state index in [4.69, 9.17) is 5.73 Å². The van der Waals surface area contributed by atoms with Crippen molar-refractivity contribution in [1.29, 1.82) is 0 Å². The van der Waals surface area contributed by atoms with Crippen molar-refractivity contribution in [2.45, 2.75) is 18.9 Å². The maximum atomic E-state index is 13.1. The molecule has 3 unspecified atom stereocenters. The van der Waals surface area contributed by atoms with E-state index in [1.807, 2.05) is 4.90 Å². The average Bonchev–Trinajstić information content (AvgIpc) is 3.25. The molecule has 4 rings (SSSR count). The Hall–Kier alpha value is -1.85. The van der Waals surface area contributed by atoms with Crippen LogP contribution in [0.5, 0.6) is 0 Å². The van der Waals surface area contributed by atoms with Crippen molar-refractivity contribution in [1.82, 2.24) is 9.88 Å². The van der Waals surface area contributed by atoms with Crippen LogP contribution in [0.3, 0.4) is 0 Å². The topological polar surface area (TPSA) is 62.1 Å². The van der Waals surface area contributed by atoms with Gasteiger partial charge in [-0.05, 0) is 42.4 Å². The molecule has 2 fully saturated rings. The predicted octanol–water partition coefficient (Wildman–Crippen LogP) is 3.05. The fourth-order valence-corrected chi connectivity index (χ4v) is 4.05. The van der Waals surface area contributed by atoms with E-state index in [2.05, 4.69) is 4.98 Å². The molecule has 128 valence electrons. The Morgan fingerprint density at radius 3 is 2.62 bits per heavy atom. The number of fused-ring (bicyclic) bond motifs is 1. The molecule has 1 saturated heterocycles. The molecule has 4 nitrogen and oxygen atoms in total. The number of nitrogens with one attached hydrogen (secondary N) is 1. The van der Waals surface area contributed by atoms with Gasteiger partial charge < -0.3 is 15.6 Å². The quantitative estimate of drug-likeness (QED) is 0.875. The highest BCUT2D eigenvalue weighted by atomic mass is 35.5. The highest BCUT2D eigenvalue weighted by Crippen LogP contribution is 2.38. The Kier molecular flexibility index (Phi) is 4.65. The normalized spacial score (nSPS) is 25.4. The van der Waals surface area contributed by atoms with Gasteiger partial charge in [-0.3, -0.25) is 4.79 Å². The Morgan fingerprint density at radius 2 is 1.92 bits per heavy atom. The number of H-pyrrole nitrogens is 1. The number of carbonyl (C=O) groups is 1. The van der Waals surface area contributed by atoms with E-state index in [0.717, 1.165) is 37.1 Å². The van der Waals surface area contributed by atoms with Gasteiger partial charge in [-0.2, -0.15) is 0 Å². The van der Waals surface area contributed by atoms with Gasteiger partial charge in [0.15, 0.2) is 0 Å². The number of hydrogen-bond acceptors (Lipinski definition) is 2.